The van der Waals surface area contributed by atoms with Crippen LogP contribution in [0.1, 0.15) is 25.0 Å². The van der Waals surface area contributed by atoms with Crippen molar-refractivity contribution in [2.75, 3.05) is 6.54 Å². The normalized spacial score (nSPS) is 12.6. The molecule has 2 aromatic rings. The van der Waals surface area contributed by atoms with Crippen LogP contribution in [0.15, 0.2) is 60.7 Å². The lowest BCUT2D eigenvalue weighted by Crippen LogP contribution is -2.56. The van der Waals surface area contributed by atoms with Gasteiger partial charge in [-0.1, -0.05) is 74.5 Å². The van der Waals surface area contributed by atoms with Crippen LogP contribution in [0.4, 0.5) is 4.79 Å². The molecule has 7 heteroatoms. The van der Waals surface area contributed by atoms with E-state index in [1.165, 1.54) is 0 Å². The maximum Gasteiger partial charge on any atom is 0.315 e. The maximum absolute atomic E-state index is 12.8. The van der Waals surface area contributed by atoms with E-state index in [0.29, 0.717) is 13.0 Å². The first kappa shape index (κ1) is 22.9. The van der Waals surface area contributed by atoms with E-state index in [4.69, 9.17) is 5.73 Å². The number of nitrogens with two attached hydrogens (primary N) is 1. The van der Waals surface area contributed by atoms with Gasteiger partial charge in [0.2, 0.25) is 11.8 Å². The van der Waals surface area contributed by atoms with Crippen molar-refractivity contribution in [3.05, 3.63) is 71.8 Å². The van der Waals surface area contributed by atoms with Crippen LogP contribution < -0.4 is 21.7 Å². The number of benzene rings is 2. The number of hydrogen-bond acceptors (Lipinski definition) is 3. The zero-order valence-electron chi connectivity index (χ0n) is 17.4. The van der Waals surface area contributed by atoms with Gasteiger partial charge in [-0.25, -0.2) is 4.79 Å². The monoisotopic (exact) mass is 410 g/mol. The molecule has 0 spiro atoms. The molecule has 0 aliphatic heterocycles. The molecule has 7 nitrogen and oxygen atoms in total. The summed E-state index contributed by atoms with van der Waals surface area (Å²) < 4.78 is 0. The zero-order valence-corrected chi connectivity index (χ0v) is 17.4. The van der Waals surface area contributed by atoms with Gasteiger partial charge >= 0.3 is 6.03 Å². The summed E-state index contributed by atoms with van der Waals surface area (Å²) in [5.41, 5.74) is 7.47. The standard InChI is InChI=1S/C23H30N4O3/c1-16(2)20(27-23(30)25-14-13-17-9-5-3-6-10-17)22(29)26-19(21(24)28)15-18-11-7-4-8-12-18/h3-12,16,19-20H,13-15H2,1-2H3,(H2,24,28)(H,26,29)(H2,25,27,30)/t19-,20-/m0/s1. The van der Waals surface area contributed by atoms with Crippen molar-refractivity contribution in [3.63, 3.8) is 0 Å². The van der Waals surface area contributed by atoms with Gasteiger partial charge in [0, 0.05) is 13.0 Å². The molecular formula is C23H30N4O3. The van der Waals surface area contributed by atoms with E-state index in [-0.39, 0.29) is 12.3 Å². The molecule has 0 aliphatic rings. The SMILES string of the molecule is CC(C)[C@H](NC(=O)NCCc1ccccc1)C(=O)N[C@@H](Cc1ccccc1)C(N)=O. The molecule has 4 amide bonds. The molecule has 0 bridgehead atoms. The number of hydrogen-bond donors (Lipinski definition) is 4. The molecule has 2 atom stereocenters. The molecule has 2 aromatic carbocycles. The van der Waals surface area contributed by atoms with Gasteiger partial charge in [-0.3, -0.25) is 9.59 Å². The molecular weight excluding hydrogens is 380 g/mol. The van der Waals surface area contributed by atoms with Gasteiger partial charge in [0.25, 0.3) is 0 Å². The Hall–Kier alpha value is -3.35. The molecule has 2 rings (SSSR count). The first-order chi connectivity index (χ1) is 14.4. The summed E-state index contributed by atoms with van der Waals surface area (Å²) in [7, 11) is 0. The third-order valence-electron chi connectivity index (χ3n) is 4.72. The highest BCUT2D eigenvalue weighted by Gasteiger charge is 2.28. The quantitative estimate of drug-likeness (QED) is 0.479. The zero-order chi connectivity index (χ0) is 21.9. The summed E-state index contributed by atoms with van der Waals surface area (Å²) in [4.78, 5) is 36.9. The number of rotatable bonds is 10. The second-order valence-corrected chi connectivity index (χ2v) is 7.51. The molecule has 0 heterocycles. The molecule has 30 heavy (non-hydrogen) atoms. The largest absolute Gasteiger partial charge is 0.368 e. The highest BCUT2D eigenvalue weighted by atomic mass is 16.2. The second-order valence-electron chi connectivity index (χ2n) is 7.51. The van der Waals surface area contributed by atoms with Gasteiger partial charge in [-0.15, -0.1) is 0 Å². The minimum atomic E-state index is -0.857. The fourth-order valence-corrected chi connectivity index (χ4v) is 3.03. The summed E-state index contributed by atoms with van der Waals surface area (Å²) in [5, 5.41) is 8.14. The minimum absolute atomic E-state index is 0.171. The van der Waals surface area contributed by atoms with Crippen LogP contribution >= 0.6 is 0 Å². The number of primary amides is 1. The van der Waals surface area contributed by atoms with Crippen LogP contribution in [0.3, 0.4) is 0 Å². The number of carbonyl (C=O) groups excluding carboxylic acids is 3. The Morgan fingerprint density at radius 1 is 0.867 bits per heavy atom. The molecule has 0 unspecified atom stereocenters. The molecule has 0 aliphatic carbocycles. The summed E-state index contributed by atoms with van der Waals surface area (Å²) in [6.07, 6.45) is 0.976. The van der Waals surface area contributed by atoms with Crippen LogP contribution in [-0.2, 0) is 22.4 Å². The van der Waals surface area contributed by atoms with Gasteiger partial charge in [0.15, 0.2) is 0 Å². The average molecular weight is 411 g/mol. The molecule has 0 radical (unpaired) electrons. The average Bonchev–Trinajstić information content (AvgIpc) is 2.72. The van der Waals surface area contributed by atoms with Crippen LogP contribution in [0.5, 0.6) is 0 Å². The van der Waals surface area contributed by atoms with E-state index in [9.17, 15) is 14.4 Å². The van der Waals surface area contributed by atoms with Crippen molar-refractivity contribution in [1.82, 2.24) is 16.0 Å². The number of urea groups is 1. The van der Waals surface area contributed by atoms with Gasteiger partial charge < -0.3 is 21.7 Å². The topological polar surface area (TPSA) is 113 Å². The van der Waals surface area contributed by atoms with Crippen molar-refractivity contribution < 1.29 is 14.4 Å². The van der Waals surface area contributed by atoms with E-state index in [1.54, 1.807) is 0 Å². The molecule has 0 aromatic heterocycles. The van der Waals surface area contributed by atoms with Gasteiger partial charge in [-0.05, 0) is 23.5 Å². The van der Waals surface area contributed by atoms with E-state index in [0.717, 1.165) is 11.1 Å². The Morgan fingerprint density at radius 3 is 1.97 bits per heavy atom. The van der Waals surface area contributed by atoms with E-state index >= 15 is 0 Å². The van der Waals surface area contributed by atoms with Crippen molar-refractivity contribution in [2.45, 2.75) is 38.8 Å². The number of nitrogens with one attached hydrogen (secondary N) is 3. The van der Waals surface area contributed by atoms with Crippen LogP contribution in [-0.4, -0.2) is 36.5 Å². The summed E-state index contributed by atoms with van der Waals surface area (Å²) in [6, 6.07) is 17.0. The van der Waals surface area contributed by atoms with Crippen molar-refractivity contribution >= 4 is 17.8 Å². The first-order valence-electron chi connectivity index (χ1n) is 10.1. The lowest BCUT2D eigenvalue weighted by molar-refractivity contribution is -0.129. The Morgan fingerprint density at radius 2 is 1.43 bits per heavy atom. The fraction of sp³-hybridized carbons (Fsp3) is 0.348. The Labute approximate surface area is 177 Å². The Kier molecular flexibility index (Phi) is 8.87. The third-order valence-corrected chi connectivity index (χ3v) is 4.72. The lowest BCUT2D eigenvalue weighted by atomic mass is 10.0. The van der Waals surface area contributed by atoms with Crippen LogP contribution in [0.2, 0.25) is 0 Å². The summed E-state index contributed by atoms with van der Waals surface area (Å²) in [6.45, 7) is 4.09. The molecule has 0 saturated heterocycles. The van der Waals surface area contributed by atoms with Crippen molar-refractivity contribution in [1.29, 1.82) is 0 Å². The smallest absolute Gasteiger partial charge is 0.315 e. The number of carbonyl (C=O) groups is 3. The lowest BCUT2D eigenvalue weighted by Gasteiger charge is -2.24. The second kappa shape index (κ2) is 11.6. The van der Waals surface area contributed by atoms with E-state index < -0.39 is 29.9 Å². The molecule has 160 valence electrons. The minimum Gasteiger partial charge on any atom is -0.368 e. The van der Waals surface area contributed by atoms with E-state index in [2.05, 4.69) is 16.0 Å². The molecule has 0 saturated carbocycles. The third kappa shape index (κ3) is 7.58. The highest BCUT2D eigenvalue weighted by molar-refractivity contribution is 5.91. The van der Waals surface area contributed by atoms with Crippen LogP contribution in [0, 0.1) is 5.92 Å². The highest BCUT2D eigenvalue weighted by Crippen LogP contribution is 2.06. The Balaban J connectivity index is 1.90. The predicted molar refractivity (Wildman–Crippen MR) is 117 cm³/mol. The molecule has 5 N–H and O–H groups in total. The van der Waals surface area contributed by atoms with Gasteiger partial charge in [0.1, 0.15) is 12.1 Å². The predicted octanol–water partition coefficient (Wildman–Crippen LogP) is 1.77. The van der Waals surface area contributed by atoms with Crippen molar-refractivity contribution in [2.24, 2.45) is 11.7 Å². The van der Waals surface area contributed by atoms with Crippen LogP contribution in [0.25, 0.3) is 0 Å². The first-order valence-corrected chi connectivity index (χ1v) is 10.1. The van der Waals surface area contributed by atoms with Crippen molar-refractivity contribution in [3.8, 4) is 0 Å². The summed E-state index contributed by atoms with van der Waals surface area (Å²) >= 11 is 0. The number of amides is 4. The fourth-order valence-electron chi connectivity index (χ4n) is 3.03. The summed E-state index contributed by atoms with van der Waals surface area (Å²) in [5.74, 6) is -1.24. The Bertz CT molecular complexity index is 825. The maximum atomic E-state index is 12.8. The van der Waals surface area contributed by atoms with Gasteiger partial charge in [0.05, 0.1) is 0 Å². The van der Waals surface area contributed by atoms with E-state index in [1.807, 2.05) is 74.5 Å². The van der Waals surface area contributed by atoms with Gasteiger partial charge in [-0.2, -0.15) is 0 Å². The molecule has 0 fully saturated rings.